The van der Waals surface area contributed by atoms with E-state index in [4.69, 9.17) is 47.7 Å². The molecule has 0 aliphatic heterocycles. The summed E-state index contributed by atoms with van der Waals surface area (Å²) < 4.78 is 45.0. The molecule has 12 heteroatoms. The van der Waals surface area contributed by atoms with Gasteiger partial charge < -0.3 is 19.8 Å². The third kappa shape index (κ3) is 3200. The van der Waals surface area contributed by atoms with E-state index >= 15 is 0 Å². The largest absolute Gasteiger partial charge is 1.00 e. The number of carbonyl (C=O) groups excluding carboxylic acids is 2. The van der Waals surface area contributed by atoms with Crippen LogP contribution < -0.4 is 10.2 Å². The van der Waals surface area contributed by atoms with Crippen molar-refractivity contribution in [3.8, 4) is 0 Å². The van der Waals surface area contributed by atoms with Crippen LogP contribution in [0.3, 0.4) is 0 Å². The Morgan fingerprint density at radius 3 is 0.545 bits per heavy atom. The maximum absolute atomic E-state index is 8.89. The number of aliphatic carboxylic acids is 2. The van der Waals surface area contributed by atoms with Gasteiger partial charge in [-0.1, -0.05) is 0 Å². The molecule has 10 nitrogen and oxygen atoms in total. The summed E-state index contributed by atoms with van der Waals surface area (Å²) in [4.78, 5) is 17.8. The van der Waals surface area contributed by atoms with E-state index in [1.54, 1.807) is 0 Å². The van der Waals surface area contributed by atoms with Gasteiger partial charge in [-0.05, 0) is 13.8 Å². The van der Waals surface area contributed by atoms with Crippen LogP contribution in [0.15, 0.2) is 0 Å². The van der Waals surface area contributed by atoms with E-state index in [2.05, 4.69) is 39.9 Å². The summed E-state index contributed by atoms with van der Waals surface area (Å²) in [5.41, 5.74) is 0. The first-order valence-corrected chi connectivity index (χ1v) is 3.04. The summed E-state index contributed by atoms with van der Waals surface area (Å²) >= 11 is 0. The Balaban J connectivity index is -0.00000000950. The van der Waals surface area contributed by atoms with E-state index in [9.17, 15) is 0 Å². The minimum atomic E-state index is -1.08. The van der Waals surface area contributed by atoms with Crippen molar-refractivity contribution in [1.82, 2.24) is 0 Å². The van der Waals surface area contributed by atoms with E-state index in [1.165, 1.54) is 0 Å². The first kappa shape index (κ1) is 70.3. The molecule has 0 aromatic carbocycles. The fourth-order valence-corrected chi connectivity index (χ4v) is 0. The molecule has 0 aromatic rings. The average molecular weight is 667 g/mol. The Morgan fingerprint density at radius 1 is 0.545 bits per heavy atom. The molecule has 0 saturated heterocycles. The number of hydrogen-bond acceptors (Lipinski definition) is 4. The normalized spacial score (nSPS) is 2.82. The van der Waals surface area contributed by atoms with Crippen LogP contribution in [-0.4, -0.2) is 11.9 Å². The molecule has 0 fully saturated rings. The standard InChI is InChI=1S/2C2H4O2.6CO.2Os/c2*1-2(3)4;6*1-2;;/h2*1H3,(H,3,4);;;;;;;;/q;;;;;;;;2*+1/p-2. The van der Waals surface area contributed by atoms with Crippen molar-refractivity contribution in [2.24, 2.45) is 0 Å². The van der Waals surface area contributed by atoms with Gasteiger partial charge in [-0.25, -0.2) is 0 Å². The second-order valence-electron chi connectivity index (χ2n) is 0.983. The first-order chi connectivity index (χ1) is 9.46. The molecule has 0 atom stereocenters. The monoisotopic (exact) mass is 670 g/mol. The van der Waals surface area contributed by atoms with Gasteiger partial charge in [0.15, 0.2) is 0 Å². The third-order valence-electron chi connectivity index (χ3n) is 0. The van der Waals surface area contributed by atoms with Gasteiger partial charge in [0, 0.05) is 11.9 Å². The molecule has 0 heterocycles. The molecule has 22 heavy (non-hydrogen) atoms. The van der Waals surface area contributed by atoms with Crippen LogP contribution in [0.1, 0.15) is 13.8 Å². The van der Waals surface area contributed by atoms with Crippen molar-refractivity contribution in [2.45, 2.75) is 13.8 Å². The fourth-order valence-electron chi connectivity index (χ4n) is 0. The number of carboxylic acids is 2. The number of carboxylic acid groups (broad SMARTS) is 2. The van der Waals surface area contributed by atoms with Crippen LogP contribution in [0.25, 0.3) is 0 Å². The maximum atomic E-state index is 8.89. The minimum Gasteiger partial charge on any atom is 1.00 e. The molecule has 0 amide bonds. The van der Waals surface area contributed by atoms with Gasteiger partial charge in [0.2, 0.25) is 0 Å². The van der Waals surface area contributed by atoms with Gasteiger partial charge in [0.05, 0.1) is 0 Å². The summed E-state index contributed by atoms with van der Waals surface area (Å²) in [7, 11) is 0. The SMILES string of the molecule is CC(=O)[O-].CC(=O)[O-].[C-]#[O+].[C-]#[O+].[C-]#[O+].[C-]#[O+].[C-]#[O+].[C-]#[O+].[Os+].[Os+]. The molecule has 0 aliphatic carbocycles. The topological polar surface area (TPSA) is 200 Å². The Morgan fingerprint density at radius 2 is 0.545 bits per heavy atom. The Labute approximate surface area is 153 Å². The minimum absolute atomic E-state index is 0. The Kier molecular flexibility index (Phi) is 1010. The van der Waals surface area contributed by atoms with Crippen molar-refractivity contribution < 1.29 is 87.3 Å². The van der Waals surface area contributed by atoms with Gasteiger partial charge in [-0.3, -0.25) is 0 Å². The quantitative estimate of drug-likeness (QED) is 0.200. The molecule has 0 spiro atoms. The van der Waals surface area contributed by atoms with Gasteiger partial charge in [0.25, 0.3) is 0 Å². The predicted molar refractivity (Wildman–Crippen MR) is 44.9 cm³/mol. The van der Waals surface area contributed by atoms with Gasteiger partial charge in [-0.2, -0.15) is 0 Å². The zero-order valence-corrected chi connectivity index (χ0v) is 15.9. The van der Waals surface area contributed by atoms with E-state index < -0.39 is 11.9 Å². The third-order valence-corrected chi connectivity index (χ3v) is 0. The van der Waals surface area contributed by atoms with Crippen LogP contribution in [0.4, 0.5) is 0 Å². The molecule has 0 rings (SSSR count). The van der Waals surface area contributed by atoms with E-state index in [-0.39, 0.29) is 39.6 Å². The molecule has 0 N–H and O–H groups in total. The zero-order valence-electron chi connectivity index (χ0n) is 10.8. The fraction of sp³-hybridized carbons (Fsp3) is 0.200. The summed E-state index contributed by atoms with van der Waals surface area (Å²) in [6, 6.07) is 0. The van der Waals surface area contributed by atoms with Crippen LogP contribution in [0, 0.1) is 39.9 Å². The molecule has 122 valence electrons. The number of rotatable bonds is 0. The Hall–Kier alpha value is -1.35. The zero-order chi connectivity index (χ0) is 19.2. The summed E-state index contributed by atoms with van der Waals surface area (Å²) in [6.07, 6.45) is 0. The molecule has 0 saturated carbocycles. The van der Waals surface area contributed by atoms with Gasteiger partial charge >= 0.3 is 107 Å². The predicted octanol–water partition coefficient (Wildman–Crippen LogP) is -2.72. The summed E-state index contributed by atoms with van der Waals surface area (Å²) in [6.45, 7) is 28.9. The molecule has 2 radical (unpaired) electrons. The summed E-state index contributed by atoms with van der Waals surface area (Å²) in [5.74, 6) is -2.17. The van der Waals surface area contributed by atoms with E-state index in [0.29, 0.717) is 0 Å². The number of hydrogen-bond donors (Lipinski definition) is 0. The van der Waals surface area contributed by atoms with E-state index in [0.717, 1.165) is 13.8 Å². The summed E-state index contributed by atoms with van der Waals surface area (Å²) in [5, 5.41) is 17.8. The second-order valence-corrected chi connectivity index (χ2v) is 0.983. The van der Waals surface area contributed by atoms with Crippen molar-refractivity contribution in [1.29, 1.82) is 0 Å². The van der Waals surface area contributed by atoms with Crippen LogP contribution in [0.2, 0.25) is 0 Å². The van der Waals surface area contributed by atoms with Crippen molar-refractivity contribution in [2.75, 3.05) is 0 Å². The van der Waals surface area contributed by atoms with Gasteiger partial charge in [-0.15, -0.1) is 0 Å². The van der Waals surface area contributed by atoms with Crippen LogP contribution in [-0.2, 0) is 77.1 Å². The van der Waals surface area contributed by atoms with Gasteiger partial charge in [0.1, 0.15) is 0 Å². The van der Waals surface area contributed by atoms with Crippen LogP contribution in [0.5, 0.6) is 0 Å². The van der Waals surface area contributed by atoms with Crippen molar-refractivity contribution in [3.63, 3.8) is 0 Å². The second kappa shape index (κ2) is 316. The maximum Gasteiger partial charge on any atom is 1.00 e. The number of carbonyl (C=O) groups is 2. The average Bonchev–Trinajstić information content (AvgIpc) is 2.50. The molecule has 0 bridgehead atoms. The molecular formula is C10H6O10Os2. The smallest absolute Gasteiger partial charge is 1.00 e. The molecule has 0 aromatic heterocycles. The Bertz CT molecular complexity index is 221. The van der Waals surface area contributed by atoms with Crippen molar-refractivity contribution >= 4 is 11.9 Å². The first-order valence-electron chi connectivity index (χ1n) is 3.04. The van der Waals surface area contributed by atoms with E-state index in [1.807, 2.05) is 0 Å². The van der Waals surface area contributed by atoms with Crippen molar-refractivity contribution in [3.05, 3.63) is 39.9 Å². The van der Waals surface area contributed by atoms with Crippen LogP contribution >= 0.6 is 0 Å². The molecule has 0 unspecified atom stereocenters. The molecule has 0 aliphatic rings. The molecular weight excluding hydrogens is 661 g/mol.